The van der Waals surface area contributed by atoms with Crippen molar-refractivity contribution in [3.8, 4) is 0 Å². The summed E-state index contributed by atoms with van der Waals surface area (Å²) in [6.07, 6.45) is 0.661. The lowest BCUT2D eigenvalue weighted by atomic mass is 10.2. The monoisotopic (exact) mass is 414 g/mol. The molecule has 9 heteroatoms. The Balaban J connectivity index is 2.05. The van der Waals surface area contributed by atoms with E-state index in [1.54, 1.807) is 6.92 Å². The molecule has 146 valence electrons. The normalized spacial score (nSPS) is 12.8. The molecule has 5 nitrogen and oxygen atoms in total. The average molecular weight is 414 g/mol. The summed E-state index contributed by atoms with van der Waals surface area (Å²) in [5.74, 6) is -2.93. The minimum atomic E-state index is -3.63. The van der Waals surface area contributed by atoms with E-state index in [-0.39, 0.29) is 16.5 Å². The first-order valence-corrected chi connectivity index (χ1v) is 10.6. The maximum absolute atomic E-state index is 12.3. The molecular formula is C18H20F2N2O3S2. The highest BCUT2D eigenvalue weighted by atomic mass is 32.2. The van der Waals surface area contributed by atoms with Crippen LogP contribution in [0.25, 0.3) is 0 Å². The SMILES string of the molecule is CCC(C)NS(=O)(=O)c1ccc(C(=O)Nc2ccc(SC(F)F)cc2)cc1. The molecule has 2 aromatic rings. The van der Waals surface area contributed by atoms with Crippen LogP contribution in [0.2, 0.25) is 0 Å². The standard InChI is InChI=1S/C18H20F2N2O3S2/c1-3-12(2)22-27(24,25)16-10-4-13(5-11-16)17(23)21-14-6-8-15(9-7-14)26-18(19)20/h4-12,18,22H,3H2,1-2H3,(H,21,23). The second kappa shape index (κ2) is 9.29. The molecule has 0 aliphatic carbocycles. The number of carbonyl (C=O) groups excluding carboxylic acids is 1. The average Bonchev–Trinajstić information content (AvgIpc) is 2.62. The van der Waals surface area contributed by atoms with Crippen LogP contribution in [0.15, 0.2) is 58.3 Å². The number of amides is 1. The summed E-state index contributed by atoms with van der Waals surface area (Å²) >= 11 is 0.423. The quantitative estimate of drug-likeness (QED) is 0.631. The van der Waals surface area contributed by atoms with Gasteiger partial charge in [-0.05, 0) is 61.9 Å². The molecule has 0 saturated heterocycles. The fourth-order valence-corrected chi connectivity index (χ4v) is 3.95. The molecule has 0 fully saturated rings. The van der Waals surface area contributed by atoms with Crippen LogP contribution in [-0.4, -0.2) is 26.1 Å². The number of anilines is 1. The van der Waals surface area contributed by atoms with E-state index >= 15 is 0 Å². The second-order valence-electron chi connectivity index (χ2n) is 5.81. The molecule has 1 amide bonds. The third-order valence-corrected chi connectivity index (χ3v) is 6.06. The molecule has 0 spiro atoms. The van der Waals surface area contributed by atoms with Gasteiger partial charge in [0.05, 0.1) is 4.90 Å². The van der Waals surface area contributed by atoms with E-state index < -0.39 is 21.7 Å². The van der Waals surface area contributed by atoms with Crippen LogP contribution in [-0.2, 0) is 10.0 Å². The van der Waals surface area contributed by atoms with E-state index in [4.69, 9.17) is 0 Å². The van der Waals surface area contributed by atoms with Gasteiger partial charge in [0.1, 0.15) is 0 Å². The maximum Gasteiger partial charge on any atom is 0.288 e. The summed E-state index contributed by atoms with van der Waals surface area (Å²) < 4.78 is 51.6. The largest absolute Gasteiger partial charge is 0.322 e. The number of alkyl halides is 2. The molecular weight excluding hydrogens is 394 g/mol. The molecule has 2 N–H and O–H groups in total. The predicted octanol–water partition coefficient (Wildman–Crippen LogP) is 4.33. The molecule has 0 saturated carbocycles. The van der Waals surface area contributed by atoms with E-state index in [0.29, 0.717) is 28.8 Å². The molecule has 1 unspecified atom stereocenters. The van der Waals surface area contributed by atoms with Gasteiger partial charge in [0.15, 0.2) is 0 Å². The summed E-state index contributed by atoms with van der Waals surface area (Å²) in [6.45, 7) is 3.64. The van der Waals surface area contributed by atoms with Crippen molar-refractivity contribution >= 4 is 33.4 Å². The van der Waals surface area contributed by atoms with Crippen LogP contribution in [0.1, 0.15) is 30.6 Å². The van der Waals surface area contributed by atoms with Gasteiger partial charge in [0, 0.05) is 22.2 Å². The molecule has 0 heterocycles. The predicted molar refractivity (Wildman–Crippen MR) is 103 cm³/mol. The summed E-state index contributed by atoms with van der Waals surface area (Å²) in [7, 11) is -3.63. The number of rotatable bonds is 8. The number of carbonyl (C=O) groups is 1. The van der Waals surface area contributed by atoms with Crippen LogP contribution >= 0.6 is 11.8 Å². The fraction of sp³-hybridized carbons (Fsp3) is 0.278. The topological polar surface area (TPSA) is 75.3 Å². The smallest absolute Gasteiger partial charge is 0.288 e. The molecule has 0 aliphatic heterocycles. The first-order chi connectivity index (χ1) is 12.7. The van der Waals surface area contributed by atoms with Crippen molar-refractivity contribution in [2.24, 2.45) is 0 Å². The van der Waals surface area contributed by atoms with Crippen molar-refractivity contribution in [1.29, 1.82) is 0 Å². The van der Waals surface area contributed by atoms with Gasteiger partial charge in [0.2, 0.25) is 10.0 Å². The molecule has 0 radical (unpaired) electrons. The highest BCUT2D eigenvalue weighted by Gasteiger charge is 2.17. The molecule has 0 bridgehead atoms. The lowest BCUT2D eigenvalue weighted by Crippen LogP contribution is -2.32. The van der Waals surface area contributed by atoms with Gasteiger partial charge in [-0.25, -0.2) is 13.1 Å². The molecule has 0 aliphatic rings. The van der Waals surface area contributed by atoms with Gasteiger partial charge in [0.25, 0.3) is 11.7 Å². The Morgan fingerprint density at radius 2 is 1.67 bits per heavy atom. The van der Waals surface area contributed by atoms with Crippen molar-refractivity contribution in [2.45, 2.75) is 41.9 Å². The lowest BCUT2D eigenvalue weighted by molar-refractivity contribution is 0.102. The Bertz CT molecular complexity index is 870. The minimum Gasteiger partial charge on any atom is -0.322 e. The zero-order valence-corrected chi connectivity index (χ0v) is 16.4. The third-order valence-electron chi connectivity index (χ3n) is 3.73. The van der Waals surface area contributed by atoms with Gasteiger partial charge >= 0.3 is 0 Å². The van der Waals surface area contributed by atoms with E-state index in [1.165, 1.54) is 48.5 Å². The first-order valence-electron chi connectivity index (χ1n) is 8.20. The first kappa shape index (κ1) is 21.3. The highest BCUT2D eigenvalue weighted by Crippen LogP contribution is 2.26. The summed E-state index contributed by atoms with van der Waals surface area (Å²) in [6, 6.07) is 11.4. The number of hydrogen-bond donors (Lipinski definition) is 2. The number of benzene rings is 2. The molecule has 0 aromatic heterocycles. The van der Waals surface area contributed by atoms with E-state index in [1.807, 2.05) is 6.92 Å². The van der Waals surface area contributed by atoms with Gasteiger partial charge in [-0.2, -0.15) is 8.78 Å². The van der Waals surface area contributed by atoms with Crippen molar-refractivity contribution in [2.75, 3.05) is 5.32 Å². The highest BCUT2D eigenvalue weighted by molar-refractivity contribution is 7.99. The van der Waals surface area contributed by atoms with Gasteiger partial charge in [-0.3, -0.25) is 4.79 Å². The Morgan fingerprint density at radius 3 is 2.19 bits per heavy atom. The summed E-state index contributed by atoms with van der Waals surface area (Å²) in [5.41, 5.74) is 0.734. The minimum absolute atomic E-state index is 0.0766. The second-order valence-corrected chi connectivity index (χ2v) is 8.59. The van der Waals surface area contributed by atoms with Crippen molar-refractivity contribution in [1.82, 2.24) is 4.72 Å². The molecule has 2 rings (SSSR count). The van der Waals surface area contributed by atoms with E-state index in [9.17, 15) is 22.0 Å². The van der Waals surface area contributed by atoms with Crippen LogP contribution in [0.3, 0.4) is 0 Å². The van der Waals surface area contributed by atoms with Crippen molar-refractivity contribution < 1.29 is 22.0 Å². The Morgan fingerprint density at radius 1 is 1.07 bits per heavy atom. The number of halogens is 2. The number of sulfonamides is 1. The third kappa shape index (κ3) is 6.30. The van der Waals surface area contributed by atoms with Crippen LogP contribution in [0.4, 0.5) is 14.5 Å². The summed E-state index contributed by atoms with van der Waals surface area (Å²) in [5, 5.41) is 2.64. The number of hydrogen-bond acceptors (Lipinski definition) is 4. The van der Waals surface area contributed by atoms with Gasteiger partial charge in [-0.1, -0.05) is 18.7 Å². The maximum atomic E-state index is 12.3. The number of thioether (sulfide) groups is 1. The Labute approximate surface area is 161 Å². The van der Waals surface area contributed by atoms with Crippen LogP contribution < -0.4 is 10.0 Å². The van der Waals surface area contributed by atoms with Crippen molar-refractivity contribution in [3.05, 3.63) is 54.1 Å². The lowest BCUT2D eigenvalue weighted by Gasteiger charge is -2.12. The Hall–Kier alpha value is -1.97. The summed E-state index contributed by atoms with van der Waals surface area (Å²) in [4.78, 5) is 12.7. The molecule has 2 aromatic carbocycles. The molecule has 1 atom stereocenters. The zero-order valence-electron chi connectivity index (χ0n) is 14.8. The van der Waals surface area contributed by atoms with E-state index in [2.05, 4.69) is 10.0 Å². The van der Waals surface area contributed by atoms with Gasteiger partial charge < -0.3 is 5.32 Å². The fourth-order valence-electron chi connectivity index (χ4n) is 2.12. The van der Waals surface area contributed by atoms with E-state index in [0.717, 1.165) is 0 Å². The number of nitrogens with one attached hydrogen (secondary N) is 2. The zero-order chi connectivity index (χ0) is 20.0. The van der Waals surface area contributed by atoms with Crippen molar-refractivity contribution in [3.63, 3.8) is 0 Å². The van der Waals surface area contributed by atoms with Crippen LogP contribution in [0, 0.1) is 0 Å². The molecule has 27 heavy (non-hydrogen) atoms. The van der Waals surface area contributed by atoms with Crippen LogP contribution in [0.5, 0.6) is 0 Å². The Kier molecular flexibility index (Phi) is 7.34. The van der Waals surface area contributed by atoms with Gasteiger partial charge in [-0.15, -0.1) is 0 Å².